The van der Waals surface area contributed by atoms with Crippen molar-refractivity contribution < 1.29 is 4.79 Å². The number of amides is 1. The lowest BCUT2D eigenvalue weighted by molar-refractivity contribution is -0.118. The molecule has 0 spiro atoms. The van der Waals surface area contributed by atoms with E-state index in [0.717, 1.165) is 15.9 Å². The second-order valence-corrected chi connectivity index (χ2v) is 5.67. The van der Waals surface area contributed by atoms with Crippen molar-refractivity contribution in [2.75, 3.05) is 5.32 Å². The van der Waals surface area contributed by atoms with E-state index in [4.69, 9.17) is 5.26 Å². The number of fused-ring (bicyclic) bond motifs is 1. The highest BCUT2D eigenvalue weighted by molar-refractivity contribution is 9.10. The molecular weight excluding hydrogens is 334 g/mol. The van der Waals surface area contributed by atoms with Gasteiger partial charge in [0, 0.05) is 17.4 Å². The summed E-state index contributed by atoms with van der Waals surface area (Å²) >= 11 is 3.34. The summed E-state index contributed by atoms with van der Waals surface area (Å²) in [5, 5.41) is 15.0. The number of anilines is 1. The quantitative estimate of drug-likeness (QED) is 0.772. The minimum absolute atomic E-state index is 0.168. The van der Waals surface area contributed by atoms with Crippen molar-refractivity contribution in [2.45, 2.75) is 19.0 Å². The number of halogens is 1. The van der Waals surface area contributed by atoms with Crippen LogP contribution < -0.4 is 10.6 Å². The van der Waals surface area contributed by atoms with Crippen LogP contribution in [0.15, 0.2) is 29.0 Å². The Balaban J connectivity index is 1.76. The standard InChI is InChI=1S/C14H12BrN5O/c15-9-2-1-8(5-16)10(3-9)20-14(21)12-4-11-13(6-17-12)19-7-18-11/h1-3,7,12,17H,4,6H2,(H,18,19)(H,20,21). The molecule has 6 nitrogen and oxygen atoms in total. The van der Waals surface area contributed by atoms with Crippen LogP contribution in [0.2, 0.25) is 0 Å². The number of nitrogens with one attached hydrogen (secondary N) is 3. The molecule has 0 saturated carbocycles. The smallest absolute Gasteiger partial charge is 0.241 e. The Morgan fingerprint density at radius 1 is 1.52 bits per heavy atom. The molecule has 1 aliphatic heterocycles. The van der Waals surface area contributed by atoms with Crippen LogP contribution in [0.4, 0.5) is 5.69 Å². The molecule has 21 heavy (non-hydrogen) atoms. The van der Waals surface area contributed by atoms with Crippen molar-refractivity contribution in [3.8, 4) is 6.07 Å². The van der Waals surface area contributed by atoms with E-state index >= 15 is 0 Å². The van der Waals surface area contributed by atoms with E-state index in [1.807, 2.05) is 0 Å². The van der Waals surface area contributed by atoms with Crippen LogP contribution in [-0.4, -0.2) is 21.9 Å². The minimum Gasteiger partial charge on any atom is -0.347 e. The Kier molecular flexibility index (Phi) is 3.73. The molecule has 0 saturated heterocycles. The van der Waals surface area contributed by atoms with Crippen LogP contribution >= 0.6 is 15.9 Å². The number of imidazole rings is 1. The van der Waals surface area contributed by atoms with Crippen LogP contribution in [0.3, 0.4) is 0 Å². The van der Waals surface area contributed by atoms with E-state index < -0.39 is 0 Å². The first kappa shape index (κ1) is 13.8. The number of rotatable bonds is 2. The van der Waals surface area contributed by atoms with Crippen molar-refractivity contribution in [3.63, 3.8) is 0 Å². The topological polar surface area (TPSA) is 93.6 Å². The first-order valence-corrected chi connectivity index (χ1v) is 7.21. The molecule has 0 bridgehead atoms. The summed E-state index contributed by atoms with van der Waals surface area (Å²) in [6.07, 6.45) is 2.16. The number of nitrogens with zero attached hydrogens (tertiary/aromatic N) is 2. The van der Waals surface area contributed by atoms with Crippen LogP contribution in [0.5, 0.6) is 0 Å². The predicted molar refractivity (Wildman–Crippen MR) is 80.4 cm³/mol. The zero-order valence-corrected chi connectivity index (χ0v) is 12.6. The number of hydrogen-bond donors (Lipinski definition) is 3. The molecule has 3 rings (SSSR count). The summed E-state index contributed by atoms with van der Waals surface area (Å²) in [6, 6.07) is 6.87. The Morgan fingerprint density at radius 2 is 2.38 bits per heavy atom. The highest BCUT2D eigenvalue weighted by Crippen LogP contribution is 2.21. The average Bonchev–Trinajstić information content (AvgIpc) is 2.94. The van der Waals surface area contributed by atoms with Crippen LogP contribution in [0.1, 0.15) is 17.0 Å². The van der Waals surface area contributed by atoms with E-state index in [9.17, 15) is 4.79 Å². The normalized spacial score (nSPS) is 16.9. The Hall–Kier alpha value is -2.17. The third kappa shape index (κ3) is 2.82. The summed E-state index contributed by atoms with van der Waals surface area (Å²) < 4.78 is 0.808. The van der Waals surface area contributed by atoms with Crippen molar-refractivity contribution >= 4 is 27.5 Å². The molecule has 3 N–H and O–H groups in total. The van der Waals surface area contributed by atoms with Gasteiger partial charge in [-0.1, -0.05) is 15.9 Å². The Morgan fingerprint density at radius 3 is 3.19 bits per heavy atom. The maximum atomic E-state index is 12.3. The lowest BCUT2D eigenvalue weighted by Gasteiger charge is -2.22. The molecule has 0 aliphatic carbocycles. The fourth-order valence-electron chi connectivity index (χ4n) is 2.29. The highest BCUT2D eigenvalue weighted by atomic mass is 79.9. The van der Waals surface area contributed by atoms with Gasteiger partial charge in [-0.15, -0.1) is 0 Å². The van der Waals surface area contributed by atoms with E-state index in [2.05, 4.69) is 42.6 Å². The molecule has 2 aromatic rings. The molecule has 7 heteroatoms. The van der Waals surface area contributed by atoms with Crippen molar-refractivity contribution in [3.05, 3.63) is 46.0 Å². The first-order valence-electron chi connectivity index (χ1n) is 6.42. The first-order chi connectivity index (χ1) is 10.2. The van der Waals surface area contributed by atoms with Gasteiger partial charge in [-0.25, -0.2) is 4.98 Å². The summed E-state index contributed by atoms with van der Waals surface area (Å²) in [7, 11) is 0. The molecule has 1 unspecified atom stereocenters. The lowest BCUT2D eigenvalue weighted by atomic mass is 10.0. The fourth-order valence-corrected chi connectivity index (χ4v) is 2.65. The number of H-pyrrole nitrogens is 1. The van der Waals surface area contributed by atoms with Gasteiger partial charge < -0.3 is 10.3 Å². The number of hydrogen-bond acceptors (Lipinski definition) is 4. The number of aromatic nitrogens is 2. The molecule has 1 aromatic heterocycles. The summed E-state index contributed by atoms with van der Waals surface area (Å²) in [6.45, 7) is 0.580. The summed E-state index contributed by atoms with van der Waals surface area (Å²) in [5.74, 6) is -0.168. The van der Waals surface area contributed by atoms with Crippen LogP contribution in [0.25, 0.3) is 0 Å². The average molecular weight is 346 g/mol. The molecule has 1 atom stereocenters. The molecular formula is C14H12BrN5O. The number of carbonyl (C=O) groups is 1. The molecule has 1 amide bonds. The third-order valence-electron chi connectivity index (χ3n) is 3.41. The van der Waals surface area contributed by atoms with E-state index in [1.54, 1.807) is 24.5 Å². The van der Waals surface area contributed by atoms with Gasteiger partial charge in [0.25, 0.3) is 0 Å². The highest BCUT2D eigenvalue weighted by Gasteiger charge is 2.26. The van der Waals surface area contributed by atoms with Gasteiger partial charge in [-0.05, 0) is 18.2 Å². The van der Waals surface area contributed by atoms with Gasteiger partial charge in [0.15, 0.2) is 0 Å². The predicted octanol–water partition coefficient (Wildman–Crippen LogP) is 1.70. The zero-order chi connectivity index (χ0) is 14.8. The second kappa shape index (κ2) is 5.68. The minimum atomic E-state index is -0.355. The second-order valence-electron chi connectivity index (χ2n) is 4.76. The van der Waals surface area contributed by atoms with Crippen molar-refractivity contribution in [2.24, 2.45) is 0 Å². The van der Waals surface area contributed by atoms with Crippen molar-refractivity contribution in [1.29, 1.82) is 5.26 Å². The molecule has 1 aliphatic rings. The fraction of sp³-hybridized carbons (Fsp3) is 0.214. The van der Waals surface area contributed by atoms with Gasteiger partial charge in [0.05, 0.1) is 35.0 Å². The summed E-state index contributed by atoms with van der Waals surface area (Å²) in [4.78, 5) is 19.6. The van der Waals surface area contributed by atoms with Gasteiger partial charge in [0.2, 0.25) is 5.91 Å². The van der Waals surface area contributed by atoms with Gasteiger partial charge >= 0.3 is 0 Å². The zero-order valence-electron chi connectivity index (χ0n) is 11.0. The van der Waals surface area contributed by atoms with Crippen molar-refractivity contribution in [1.82, 2.24) is 15.3 Å². The number of nitriles is 1. The maximum absolute atomic E-state index is 12.3. The monoisotopic (exact) mass is 345 g/mol. The van der Waals surface area contributed by atoms with E-state index in [1.165, 1.54) is 0 Å². The number of carbonyl (C=O) groups excluding carboxylic acids is 1. The summed E-state index contributed by atoms with van der Waals surface area (Å²) in [5.41, 5.74) is 2.86. The van der Waals surface area contributed by atoms with Gasteiger partial charge in [0.1, 0.15) is 6.07 Å². The molecule has 0 radical (unpaired) electrons. The molecule has 2 heterocycles. The van der Waals surface area contributed by atoms with Gasteiger partial charge in [-0.2, -0.15) is 5.26 Å². The number of benzene rings is 1. The molecule has 0 fully saturated rings. The largest absolute Gasteiger partial charge is 0.347 e. The lowest BCUT2D eigenvalue weighted by Crippen LogP contribution is -2.44. The van der Waals surface area contributed by atoms with Crippen LogP contribution in [-0.2, 0) is 17.8 Å². The van der Waals surface area contributed by atoms with Gasteiger partial charge in [-0.3, -0.25) is 10.1 Å². The Labute approximate surface area is 129 Å². The maximum Gasteiger partial charge on any atom is 0.241 e. The van der Waals surface area contributed by atoms with E-state index in [-0.39, 0.29) is 11.9 Å². The third-order valence-corrected chi connectivity index (χ3v) is 3.90. The number of aromatic amines is 1. The SMILES string of the molecule is N#Cc1ccc(Br)cc1NC(=O)C1Cc2nc[nH]c2CN1. The Bertz CT molecular complexity index is 733. The van der Waals surface area contributed by atoms with E-state index in [0.29, 0.717) is 24.2 Å². The molecule has 106 valence electrons. The van der Waals surface area contributed by atoms with Crippen LogP contribution in [0, 0.1) is 11.3 Å². The molecule has 1 aromatic carbocycles.